The molecule has 0 radical (unpaired) electrons. The Bertz CT molecular complexity index is 353. The van der Waals surface area contributed by atoms with Crippen LogP contribution in [0.25, 0.3) is 0 Å². The van der Waals surface area contributed by atoms with Crippen molar-refractivity contribution in [1.29, 1.82) is 0 Å². The number of nitrogens with two attached hydrogens (primary N) is 1. The lowest BCUT2D eigenvalue weighted by Gasteiger charge is -2.34. The Hall–Kier alpha value is -1.14. The average molecular weight is 284 g/mol. The Kier molecular flexibility index (Phi) is 5.37. The van der Waals surface area contributed by atoms with Crippen molar-refractivity contribution < 1.29 is 19.1 Å². The van der Waals surface area contributed by atoms with Gasteiger partial charge in [0.05, 0.1) is 19.1 Å². The maximum atomic E-state index is 11.9. The molecule has 6 heteroatoms. The molecule has 0 unspecified atom stereocenters. The van der Waals surface area contributed by atoms with Crippen molar-refractivity contribution in [2.75, 3.05) is 26.8 Å². The topological polar surface area (TPSA) is 81.9 Å². The monoisotopic (exact) mass is 284 g/mol. The van der Waals surface area contributed by atoms with E-state index < -0.39 is 6.10 Å². The zero-order valence-electron chi connectivity index (χ0n) is 12.0. The van der Waals surface area contributed by atoms with Crippen LogP contribution in [0.15, 0.2) is 0 Å². The van der Waals surface area contributed by atoms with Gasteiger partial charge in [-0.05, 0) is 31.6 Å². The Morgan fingerprint density at radius 1 is 1.25 bits per heavy atom. The molecule has 0 aromatic heterocycles. The second-order valence-electron chi connectivity index (χ2n) is 5.60. The quantitative estimate of drug-likeness (QED) is 0.787. The number of rotatable bonds is 5. The van der Waals surface area contributed by atoms with Crippen LogP contribution in [0.1, 0.15) is 32.1 Å². The standard InChI is InChI=1S/C14H24N2O4/c1-19-9-6-13(17)16-7-4-10(5-8-16)11-2-3-12(20-11)14(15)18/h10-12H,2-9H2,1H3,(H2,15,18)/t11-,12+/m0/s1. The van der Waals surface area contributed by atoms with Gasteiger partial charge < -0.3 is 20.1 Å². The Labute approximate surface area is 119 Å². The molecule has 2 rings (SSSR count). The minimum Gasteiger partial charge on any atom is -0.384 e. The van der Waals surface area contributed by atoms with Crippen LogP contribution in [0, 0.1) is 5.92 Å². The van der Waals surface area contributed by atoms with E-state index >= 15 is 0 Å². The van der Waals surface area contributed by atoms with Gasteiger partial charge in [0.2, 0.25) is 11.8 Å². The third-order valence-corrected chi connectivity index (χ3v) is 4.31. The highest BCUT2D eigenvalue weighted by atomic mass is 16.5. The van der Waals surface area contributed by atoms with Crippen molar-refractivity contribution in [3.63, 3.8) is 0 Å². The molecular weight excluding hydrogens is 260 g/mol. The Balaban J connectivity index is 1.74. The van der Waals surface area contributed by atoms with Crippen LogP contribution in [-0.2, 0) is 19.1 Å². The number of likely N-dealkylation sites (tertiary alicyclic amines) is 1. The van der Waals surface area contributed by atoms with Gasteiger partial charge in [0.25, 0.3) is 0 Å². The van der Waals surface area contributed by atoms with E-state index in [1.165, 1.54) is 0 Å². The van der Waals surface area contributed by atoms with Crippen LogP contribution >= 0.6 is 0 Å². The molecule has 2 amide bonds. The van der Waals surface area contributed by atoms with E-state index in [1.807, 2.05) is 4.90 Å². The fraction of sp³-hybridized carbons (Fsp3) is 0.857. The molecule has 2 atom stereocenters. The maximum absolute atomic E-state index is 11.9. The summed E-state index contributed by atoms with van der Waals surface area (Å²) in [4.78, 5) is 24.9. The number of piperidine rings is 1. The molecule has 2 fully saturated rings. The molecule has 2 aliphatic heterocycles. The van der Waals surface area contributed by atoms with Crippen LogP contribution in [0.5, 0.6) is 0 Å². The summed E-state index contributed by atoms with van der Waals surface area (Å²) in [5, 5.41) is 0. The number of ether oxygens (including phenoxy) is 2. The highest BCUT2D eigenvalue weighted by Gasteiger charge is 2.36. The SMILES string of the molecule is COCCC(=O)N1CCC([C@@H]2CC[C@H](C(N)=O)O2)CC1. The molecule has 6 nitrogen and oxygen atoms in total. The zero-order valence-corrected chi connectivity index (χ0v) is 12.0. The lowest BCUT2D eigenvalue weighted by molar-refractivity contribution is -0.135. The molecule has 2 saturated heterocycles. The average Bonchev–Trinajstić information content (AvgIpc) is 2.95. The summed E-state index contributed by atoms with van der Waals surface area (Å²) in [6.45, 7) is 2.02. The van der Waals surface area contributed by atoms with E-state index in [4.69, 9.17) is 15.2 Å². The molecule has 0 aromatic carbocycles. The molecule has 0 spiro atoms. The van der Waals surface area contributed by atoms with E-state index in [-0.39, 0.29) is 17.9 Å². The van der Waals surface area contributed by atoms with E-state index in [1.54, 1.807) is 7.11 Å². The van der Waals surface area contributed by atoms with E-state index in [0.717, 1.165) is 38.8 Å². The molecule has 20 heavy (non-hydrogen) atoms. The van der Waals surface area contributed by atoms with Crippen molar-refractivity contribution in [3.05, 3.63) is 0 Å². The summed E-state index contributed by atoms with van der Waals surface area (Å²) in [7, 11) is 1.60. The highest BCUT2D eigenvalue weighted by Crippen LogP contribution is 2.31. The summed E-state index contributed by atoms with van der Waals surface area (Å²) < 4.78 is 10.7. The summed E-state index contributed by atoms with van der Waals surface area (Å²) in [5.74, 6) is 0.234. The predicted molar refractivity (Wildman–Crippen MR) is 72.9 cm³/mol. The number of primary amides is 1. The molecule has 0 saturated carbocycles. The van der Waals surface area contributed by atoms with E-state index in [0.29, 0.717) is 18.9 Å². The number of hydrogen-bond donors (Lipinski definition) is 1. The van der Waals surface area contributed by atoms with Crippen molar-refractivity contribution in [2.45, 2.75) is 44.3 Å². The molecule has 114 valence electrons. The fourth-order valence-electron chi connectivity index (χ4n) is 3.09. The lowest BCUT2D eigenvalue weighted by atomic mass is 9.89. The first-order chi connectivity index (χ1) is 9.61. The van der Waals surface area contributed by atoms with Gasteiger partial charge in [-0.1, -0.05) is 0 Å². The first-order valence-electron chi connectivity index (χ1n) is 7.33. The van der Waals surface area contributed by atoms with Gasteiger partial charge in [-0.15, -0.1) is 0 Å². The first kappa shape index (κ1) is 15.3. The fourth-order valence-corrected chi connectivity index (χ4v) is 3.09. The van der Waals surface area contributed by atoms with Crippen LogP contribution in [0.4, 0.5) is 0 Å². The van der Waals surface area contributed by atoms with Crippen LogP contribution in [0.2, 0.25) is 0 Å². The molecule has 2 heterocycles. The minimum absolute atomic E-state index is 0.128. The third kappa shape index (κ3) is 3.70. The zero-order chi connectivity index (χ0) is 14.5. The Morgan fingerprint density at radius 3 is 2.50 bits per heavy atom. The smallest absolute Gasteiger partial charge is 0.246 e. The normalized spacial score (nSPS) is 27.8. The minimum atomic E-state index is -0.415. The maximum Gasteiger partial charge on any atom is 0.246 e. The van der Waals surface area contributed by atoms with Crippen LogP contribution in [-0.4, -0.2) is 55.7 Å². The number of amides is 2. The summed E-state index contributed by atoms with van der Waals surface area (Å²) >= 11 is 0. The van der Waals surface area contributed by atoms with Gasteiger partial charge in [0, 0.05) is 20.2 Å². The van der Waals surface area contributed by atoms with Crippen molar-refractivity contribution in [3.8, 4) is 0 Å². The first-order valence-corrected chi connectivity index (χ1v) is 7.33. The van der Waals surface area contributed by atoms with Gasteiger partial charge in [-0.25, -0.2) is 0 Å². The van der Waals surface area contributed by atoms with Crippen molar-refractivity contribution in [1.82, 2.24) is 4.90 Å². The number of carbonyl (C=O) groups excluding carboxylic acids is 2. The molecule has 2 N–H and O–H groups in total. The van der Waals surface area contributed by atoms with Crippen LogP contribution < -0.4 is 5.73 Å². The van der Waals surface area contributed by atoms with E-state index in [9.17, 15) is 9.59 Å². The van der Waals surface area contributed by atoms with Crippen LogP contribution in [0.3, 0.4) is 0 Å². The van der Waals surface area contributed by atoms with Gasteiger partial charge in [0.1, 0.15) is 6.10 Å². The molecule has 0 aromatic rings. The highest BCUT2D eigenvalue weighted by molar-refractivity contribution is 5.79. The molecular formula is C14H24N2O4. The van der Waals surface area contributed by atoms with Gasteiger partial charge in [-0.2, -0.15) is 0 Å². The summed E-state index contributed by atoms with van der Waals surface area (Å²) in [5.41, 5.74) is 5.27. The number of carbonyl (C=O) groups is 2. The van der Waals surface area contributed by atoms with Gasteiger partial charge in [-0.3, -0.25) is 9.59 Å². The predicted octanol–water partition coefficient (Wildman–Crippen LogP) is 0.294. The number of nitrogens with zero attached hydrogens (tertiary/aromatic N) is 1. The second-order valence-corrected chi connectivity index (χ2v) is 5.60. The molecule has 0 aliphatic carbocycles. The largest absolute Gasteiger partial charge is 0.384 e. The second kappa shape index (κ2) is 7.04. The molecule has 0 bridgehead atoms. The summed E-state index contributed by atoms with van der Waals surface area (Å²) in [6, 6.07) is 0. The third-order valence-electron chi connectivity index (χ3n) is 4.31. The van der Waals surface area contributed by atoms with E-state index in [2.05, 4.69) is 0 Å². The molecule has 2 aliphatic rings. The van der Waals surface area contributed by atoms with Gasteiger partial charge >= 0.3 is 0 Å². The number of methoxy groups -OCH3 is 1. The Morgan fingerprint density at radius 2 is 1.95 bits per heavy atom. The number of hydrogen-bond acceptors (Lipinski definition) is 4. The van der Waals surface area contributed by atoms with Crippen molar-refractivity contribution >= 4 is 11.8 Å². The van der Waals surface area contributed by atoms with Crippen molar-refractivity contribution in [2.24, 2.45) is 11.7 Å². The lowest BCUT2D eigenvalue weighted by Crippen LogP contribution is -2.41. The summed E-state index contributed by atoms with van der Waals surface area (Å²) in [6.07, 6.45) is 3.67. The van der Waals surface area contributed by atoms with Gasteiger partial charge in [0.15, 0.2) is 0 Å².